The Morgan fingerprint density at radius 1 is 1.21 bits per heavy atom. The van der Waals surface area contributed by atoms with Gasteiger partial charge in [-0.2, -0.15) is 0 Å². The maximum Gasteiger partial charge on any atom is 0.339 e. The van der Waals surface area contributed by atoms with Crippen LogP contribution in [0.4, 0.5) is 0 Å². The van der Waals surface area contributed by atoms with Crippen molar-refractivity contribution < 1.29 is 38.5 Å². The van der Waals surface area contributed by atoms with Crippen LogP contribution in [0, 0.1) is 0 Å². The third-order valence-electron chi connectivity index (χ3n) is 6.79. The lowest BCUT2D eigenvalue weighted by Gasteiger charge is -2.32. The summed E-state index contributed by atoms with van der Waals surface area (Å²) in [6, 6.07) is 6.14. The Labute approximate surface area is 221 Å². The van der Waals surface area contributed by atoms with Crippen LogP contribution in [0.1, 0.15) is 35.2 Å². The lowest BCUT2D eigenvalue weighted by Crippen LogP contribution is -2.49. The number of aliphatic hydroxyl groups is 1. The topological polar surface area (TPSA) is 135 Å². The van der Waals surface area contributed by atoms with Crippen molar-refractivity contribution in [2.24, 2.45) is 0 Å². The predicted molar refractivity (Wildman–Crippen MR) is 136 cm³/mol. The van der Waals surface area contributed by atoms with Crippen LogP contribution in [0.2, 0.25) is 0 Å². The number of amides is 3. The number of likely N-dealkylation sites (tertiary alicyclic amines) is 1. The molecule has 2 aliphatic heterocycles. The number of esters is 1. The van der Waals surface area contributed by atoms with Gasteiger partial charge in [-0.15, -0.1) is 0 Å². The van der Waals surface area contributed by atoms with Gasteiger partial charge in [0.15, 0.2) is 0 Å². The summed E-state index contributed by atoms with van der Waals surface area (Å²) in [7, 11) is 3.27. The third kappa shape index (κ3) is 6.12. The minimum atomic E-state index is -0.788. The minimum absolute atomic E-state index is 0.00321. The average Bonchev–Trinajstić information content (AvgIpc) is 3.60. The molecule has 1 aromatic carbocycles. The molecule has 3 aliphatic rings. The number of ether oxygens (including phenoxy) is 3. The summed E-state index contributed by atoms with van der Waals surface area (Å²) in [6.07, 6.45) is 4.00. The zero-order valence-corrected chi connectivity index (χ0v) is 21.5. The summed E-state index contributed by atoms with van der Waals surface area (Å²) in [5.41, 5.74) is 1.18. The first-order chi connectivity index (χ1) is 18.3. The van der Waals surface area contributed by atoms with Crippen LogP contribution in [0.3, 0.4) is 0 Å². The second kappa shape index (κ2) is 12.3. The van der Waals surface area contributed by atoms with Gasteiger partial charge in [-0.3, -0.25) is 14.4 Å². The largest absolute Gasteiger partial charge is 0.456 e. The molecule has 2 heterocycles. The Hall–Kier alpha value is -3.54. The second-order valence-corrected chi connectivity index (χ2v) is 9.54. The third-order valence-corrected chi connectivity index (χ3v) is 6.79. The summed E-state index contributed by atoms with van der Waals surface area (Å²) in [4.78, 5) is 54.2. The van der Waals surface area contributed by atoms with Gasteiger partial charge in [-0.05, 0) is 36.6 Å². The molecule has 4 atom stereocenters. The molecule has 3 amide bonds. The van der Waals surface area contributed by atoms with Gasteiger partial charge in [-0.1, -0.05) is 18.2 Å². The van der Waals surface area contributed by atoms with E-state index in [1.165, 1.54) is 15.9 Å². The van der Waals surface area contributed by atoms with Gasteiger partial charge in [0.05, 0.1) is 12.2 Å². The molecule has 38 heavy (non-hydrogen) atoms. The van der Waals surface area contributed by atoms with Gasteiger partial charge in [0.2, 0.25) is 17.7 Å². The molecule has 4 unspecified atom stereocenters. The maximum absolute atomic E-state index is 13.5. The van der Waals surface area contributed by atoms with Gasteiger partial charge in [-0.25, -0.2) is 4.79 Å². The zero-order valence-electron chi connectivity index (χ0n) is 21.5. The molecule has 0 saturated carbocycles. The molecule has 1 aromatic rings. The SMILES string of the molecule is CN(C)C(=O)C=Cc1ccccc1C(=O)OC1CC(C(=O)N2CCCC2C(=O)NCCO)=CC2OCOC21. The number of hydrogen-bond donors (Lipinski definition) is 2. The van der Waals surface area contributed by atoms with E-state index < -0.39 is 30.3 Å². The Bertz CT molecular complexity index is 1130. The standard InChI is InChI=1S/C27H33N3O8/c1-29(2)23(32)10-9-17-6-3-4-7-19(17)27(35)38-22-15-18(14-21-24(22)37-16-36-21)26(34)30-12-5-8-20(30)25(33)28-11-13-31/h3-4,6-7,9-10,14,20-22,24,31H,5,8,11-13,15-16H2,1-2H3,(H,28,33). The summed E-state index contributed by atoms with van der Waals surface area (Å²) in [5, 5.41) is 11.6. The molecule has 0 radical (unpaired) electrons. The van der Waals surface area contributed by atoms with Crippen molar-refractivity contribution in [2.75, 3.05) is 40.6 Å². The van der Waals surface area contributed by atoms with E-state index in [2.05, 4.69) is 5.32 Å². The van der Waals surface area contributed by atoms with Gasteiger partial charge < -0.3 is 34.4 Å². The van der Waals surface area contributed by atoms with Crippen LogP contribution in [0.15, 0.2) is 42.0 Å². The number of carbonyl (C=O) groups excluding carboxylic acids is 4. The number of hydrogen-bond acceptors (Lipinski definition) is 8. The average molecular weight is 528 g/mol. The molecule has 2 fully saturated rings. The number of rotatable bonds is 8. The molecule has 2 saturated heterocycles. The summed E-state index contributed by atoms with van der Waals surface area (Å²) < 4.78 is 17.2. The number of carbonyl (C=O) groups is 4. The lowest BCUT2D eigenvalue weighted by molar-refractivity contribution is -0.136. The van der Waals surface area contributed by atoms with Crippen molar-refractivity contribution in [2.45, 2.75) is 43.6 Å². The van der Waals surface area contributed by atoms with Crippen molar-refractivity contribution in [3.05, 3.63) is 53.1 Å². The van der Waals surface area contributed by atoms with E-state index in [-0.39, 0.29) is 49.7 Å². The van der Waals surface area contributed by atoms with E-state index in [4.69, 9.17) is 19.3 Å². The molecule has 2 N–H and O–H groups in total. The number of nitrogens with zero attached hydrogens (tertiary/aromatic N) is 2. The highest BCUT2D eigenvalue weighted by Crippen LogP contribution is 2.33. The molecule has 4 rings (SSSR count). The number of likely N-dealkylation sites (N-methyl/N-ethyl adjacent to an activating group) is 1. The highest BCUT2D eigenvalue weighted by Gasteiger charge is 2.44. The second-order valence-electron chi connectivity index (χ2n) is 9.54. The van der Waals surface area contributed by atoms with Gasteiger partial charge in [0.1, 0.15) is 31.1 Å². The smallest absolute Gasteiger partial charge is 0.339 e. The van der Waals surface area contributed by atoms with Crippen molar-refractivity contribution in [3.63, 3.8) is 0 Å². The number of benzene rings is 1. The molecule has 11 nitrogen and oxygen atoms in total. The quantitative estimate of drug-likeness (QED) is 0.368. The van der Waals surface area contributed by atoms with Crippen LogP contribution in [-0.4, -0.2) is 104 Å². The fraction of sp³-hybridized carbons (Fsp3) is 0.481. The monoisotopic (exact) mass is 527 g/mol. The lowest BCUT2D eigenvalue weighted by atomic mass is 9.91. The Morgan fingerprint density at radius 2 is 2.00 bits per heavy atom. The van der Waals surface area contributed by atoms with E-state index in [0.717, 1.165) is 0 Å². The van der Waals surface area contributed by atoms with Crippen molar-refractivity contribution in [1.29, 1.82) is 0 Å². The van der Waals surface area contributed by atoms with Crippen LogP contribution in [0.5, 0.6) is 0 Å². The van der Waals surface area contributed by atoms with Crippen molar-refractivity contribution >= 4 is 29.8 Å². The maximum atomic E-state index is 13.5. The summed E-state index contributed by atoms with van der Waals surface area (Å²) >= 11 is 0. The van der Waals surface area contributed by atoms with E-state index in [1.807, 2.05) is 0 Å². The van der Waals surface area contributed by atoms with Crippen LogP contribution in [-0.2, 0) is 28.6 Å². The van der Waals surface area contributed by atoms with E-state index in [1.54, 1.807) is 50.5 Å². The number of nitrogens with one attached hydrogen (secondary N) is 1. The van der Waals surface area contributed by atoms with E-state index in [9.17, 15) is 19.2 Å². The fourth-order valence-corrected chi connectivity index (χ4v) is 4.82. The van der Waals surface area contributed by atoms with Crippen LogP contribution < -0.4 is 5.32 Å². The summed E-state index contributed by atoms with van der Waals surface area (Å²) in [5.74, 6) is -1.46. The van der Waals surface area contributed by atoms with Gasteiger partial charge in [0, 0.05) is 45.3 Å². The summed E-state index contributed by atoms with van der Waals surface area (Å²) in [6.45, 7) is 0.362. The van der Waals surface area contributed by atoms with Crippen molar-refractivity contribution in [3.8, 4) is 0 Å². The van der Waals surface area contributed by atoms with Crippen LogP contribution >= 0.6 is 0 Å². The molecule has 0 bridgehead atoms. The Kier molecular flexibility index (Phi) is 8.93. The first kappa shape index (κ1) is 27.5. The first-order valence-electron chi connectivity index (χ1n) is 12.6. The number of aliphatic hydroxyl groups excluding tert-OH is 1. The van der Waals surface area contributed by atoms with Crippen LogP contribution in [0.25, 0.3) is 6.08 Å². The molecular formula is C27H33N3O8. The van der Waals surface area contributed by atoms with Crippen molar-refractivity contribution in [1.82, 2.24) is 15.1 Å². The zero-order chi connectivity index (χ0) is 27.2. The molecule has 1 aliphatic carbocycles. The van der Waals surface area contributed by atoms with Gasteiger partial charge >= 0.3 is 5.97 Å². The van der Waals surface area contributed by atoms with Gasteiger partial charge in [0.25, 0.3) is 0 Å². The minimum Gasteiger partial charge on any atom is -0.456 e. The molecule has 0 aromatic heterocycles. The highest BCUT2D eigenvalue weighted by molar-refractivity contribution is 5.99. The first-order valence-corrected chi connectivity index (χ1v) is 12.6. The normalized spacial score (nSPS) is 24.6. The van der Waals surface area contributed by atoms with E-state index >= 15 is 0 Å². The van der Waals surface area contributed by atoms with E-state index in [0.29, 0.717) is 30.5 Å². The highest BCUT2D eigenvalue weighted by atomic mass is 16.7. The fourth-order valence-electron chi connectivity index (χ4n) is 4.82. The number of fused-ring (bicyclic) bond motifs is 1. The molecular weight excluding hydrogens is 494 g/mol. The predicted octanol–water partition coefficient (Wildman–Crippen LogP) is 0.485. The Morgan fingerprint density at radius 3 is 2.76 bits per heavy atom. The molecule has 204 valence electrons. The molecule has 11 heteroatoms. The molecule has 0 spiro atoms. The Balaban J connectivity index is 1.50.